The van der Waals surface area contributed by atoms with Gasteiger partial charge in [-0.05, 0) is 42.2 Å². The summed E-state index contributed by atoms with van der Waals surface area (Å²) in [7, 11) is 0. The van der Waals surface area contributed by atoms with Crippen LogP contribution < -0.4 is 4.74 Å². The molecule has 0 unspecified atom stereocenters. The Morgan fingerprint density at radius 1 is 1.10 bits per heavy atom. The van der Waals surface area contributed by atoms with Gasteiger partial charge in [0, 0.05) is 13.1 Å². The summed E-state index contributed by atoms with van der Waals surface area (Å²) in [5.41, 5.74) is 1.87. The molecule has 2 amide bonds. The van der Waals surface area contributed by atoms with E-state index in [1.807, 2.05) is 65.6 Å². The van der Waals surface area contributed by atoms with Crippen molar-refractivity contribution in [2.45, 2.75) is 19.4 Å². The minimum Gasteiger partial charge on any atom is -0.484 e. The van der Waals surface area contributed by atoms with Crippen molar-refractivity contribution < 1.29 is 14.3 Å². The first kappa shape index (κ1) is 20.6. The molecule has 2 aromatic carbocycles. The molecule has 7 heteroatoms. The maximum absolute atomic E-state index is 12.8. The average Bonchev–Trinajstić information content (AvgIpc) is 3.38. The van der Waals surface area contributed by atoms with E-state index < -0.39 is 0 Å². The summed E-state index contributed by atoms with van der Waals surface area (Å²) in [4.78, 5) is 29.0. The molecule has 2 fully saturated rings. The van der Waals surface area contributed by atoms with Crippen LogP contribution in [0.25, 0.3) is 6.08 Å². The summed E-state index contributed by atoms with van der Waals surface area (Å²) in [6.45, 7) is 2.12. The van der Waals surface area contributed by atoms with Crippen LogP contribution >= 0.6 is 24.0 Å². The molecule has 0 aromatic heterocycles. The van der Waals surface area contributed by atoms with Crippen molar-refractivity contribution in [3.05, 3.63) is 70.6 Å². The van der Waals surface area contributed by atoms with Gasteiger partial charge in [-0.1, -0.05) is 66.4 Å². The van der Waals surface area contributed by atoms with Crippen molar-refractivity contribution in [2.75, 3.05) is 19.7 Å². The molecule has 0 atom stereocenters. The third-order valence-corrected chi connectivity index (χ3v) is 6.41. The van der Waals surface area contributed by atoms with Crippen molar-refractivity contribution in [3.63, 3.8) is 0 Å². The van der Waals surface area contributed by atoms with Crippen molar-refractivity contribution in [2.24, 2.45) is 0 Å². The highest BCUT2D eigenvalue weighted by molar-refractivity contribution is 8.26. The minimum absolute atomic E-state index is 0.0136. The molecule has 5 nitrogen and oxygen atoms in total. The number of hydrogen-bond donors (Lipinski definition) is 0. The van der Waals surface area contributed by atoms with Crippen molar-refractivity contribution in [3.8, 4) is 5.75 Å². The monoisotopic (exact) mass is 438 g/mol. The molecule has 0 aliphatic carbocycles. The van der Waals surface area contributed by atoms with Crippen molar-refractivity contribution in [1.82, 2.24) is 9.80 Å². The number of hydrogen-bond acceptors (Lipinski definition) is 5. The summed E-state index contributed by atoms with van der Waals surface area (Å²) in [6.07, 6.45) is 3.94. The summed E-state index contributed by atoms with van der Waals surface area (Å²) < 4.78 is 6.24. The van der Waals surface area contributed by atoms with E-state index in [0.717, 1.165) is 37.1 Å². The number of thioether (sulfide) groups is 1. The average molecular weight is 439 g/mol. The quantitative estimate of drug-likeness (QED) is 0.502. The van der Waals surface area contributed by atoms with Crippen LogP contribution in [0.2, 0.25) is 0 Å². The molecule has 154 valence electrons. The van der Waals surface area contributed by atoms with E-state index in [-0.39, 0.29) is 18.4 Å². The Balaban J connectivity index is 1.41. The second kappa shape index (κ2) is 9.45. The number of ether oxygens (including phenoxy) is 1. The SMILES string of the molecule is O=C(COc1cccc(/C=C2\SC(=S)N(Cc3ccccc3)C2=O)c1)N1CCCC1. The molecule has 0 bridgehead atoms. The number of thiocarbonyl (C=S) groups is 1. The number of rotatable bonds is 6. The fraction of sp³-hybridized carbons (Fsp3) is 0.261. The summed E-state index contributed by atoms with van der Waals surface area (Å²) in [5, 5.41) is 0. The molecular weight excluding hydrogens is 416 g/mol. The van der Waals surface area contributed by atoms with Crippen LogP contribution in [0.4, 0.5) is 0 Å². The standard InChI is InChI=1S/C23H22N2O3S2/c26-21(24-11-4-5-12-24)16-28-19-10-6-9-18(13-19)14-20-22(27)25(23(29)30-20)15-17-7-2-1-3-8-17/h1-3,6-10,13-14H,4-5,11-12,15-16H2/b20-14-. The second-order valence-corrected chi connectivity index (χ2v) is 8.88. The Morgan fingerprint density at radius 3 is 2.63 bits per heavy atom. The van der Waals surface area contributed by atoms with Crippen molar-refractivity contribution in [1.29, 1.82) is 0 Å². The van der Waals surface area contributed by atoms with E-state index in [1.165, 1.54) is 11.8 Å². The number of nitrogens with zero attached hydrogens (tertiary/aromatic N) is 2. The van der Waals surface area contributed by atoms with Crippen LogP contribution in [0, 0.1) is 0 Å². The lowest BCUT2D eigenvalue weighted by Gasteiger charge is -2.15. The van der Waals surface area contributed by atoms with Gasteiger partial charge in [-0.3, -0.25) is 14.5 Å². The molecular formula is C23H22N2O3S2. The first-order valence-electron chi connectivity index (χ1n) is 9.90. The first-order chi connectivity index (χ1) is 14.6. The van der Waals surface area contributed by atoms with Gasteiger partial charge in [-0.2, -0.15) is 0 Å². The molecule has 2 aromatic rings. The van der Waals surface area contributed by atoms with Gasteiger partial charge in [0.05, 0.1) is 11.4 Å². The van der Waals surface area contributed by atoms with Gasteiger partial charge in [-0.25, -0.2) is 0 Å². The lowest BCUT2D eigenvalue weighted by atomic mass is 10.2. The van der Waals surface area contributed by atoms with E-state index in [0.29, 0.717) is 21.5 Å². The van der Waals surface area contributed by atoms with E-state index in [9.17, 15) is 9.59 Å². The van der Waals surface area contributed by atoms with E-state index in [4.69, 9.17) is 17.0 Å². The molecule has 2 saturated heterocycles. The van der Waals surface area contributed by atoms with Gasteiger partial charge in [0.2, 0.25) is 0 Å². The zero-order valence-electron chi connectivity index (χ0n) is 16.5. The molecule has 2 aliphatic rings. The number of carbonyl (C=O) groups excluding carboxylic acids is 2. The molecule has 2 heterocycles. The molecule has 0 N–H and O–H groups in total. The Kier molecular flexibility index (Phi) is 6.50. The van der Waals surface area contributed by atoms with Gasteiger partial charge < -0.3 is 9.64 Å². The number of likely N-dealkylation sites (tertiary alicyclic amines) is 1. The number of amides is 2. The van der Waals surface area contributed by atoms with Gasteiger partial charge >= 0.3 is 0 Å². The summed E-state index contributed by atoms with van der Waals surface area (Å²) in [5.74, 6) is 0.528. The van der Waals surface area contributed by atoms with Gasteiger partial charge in [0.1, 0.15) is 10.1 Å². The van der Waals surface area contributed by atoms with E-state index in [1.54, 1.807) is 4.90 Å². The van der Waals surface area contributed by atoms with Crippen LogP contribution in [0.1, 0.15) is 24.0 Å². The van der Waals surface area contributed by atoms with Gasteiger partial charge in [-0.15, -0.1) is 0 Å². The first-order valence-corrected chi connectivity index (χ1v) is 11.1. The number of benzene rings is 2. The van der Waals surface area contributed by atoms with Crippen LogP contribution in [0.5, 0.6) is 5.75 Å². The fourth-order valence-corrected chi connectivity index (χ4v) is 4.71. The lowest BCUT2D eigenvalue weighted by Crippen LogP contribution is -2.32. The number of carbonyl (C=O) groups is 2. The third kappa shape index (κ3) is 4.91. The third-order valence-electron chi connectivity index (χ3n) is 5.03. The van der Waals surface area contributed by atoms with Gasteiger partial charge in [0.25, 0.3) is 11.8 Å². The highest BCUT2D eigenvalue weighted by Crippen LogP contribution is 2.34. The Morgan fingerprint density at radius 2 is 1.87 bits per heavy atom. The minimum atomic E-state index is -0.0932. The lowest BCUT2D eigenvalue weighted by molar-refractivity contribution is -0.132. The largest absolute Gasteiger partial charge is 0.484 e. The molecule has 0 saturated carbocycles. The molecule has 0 spiro atoms. The smallest absolute Gasteiger partial charge is 0.266 e. The molecule has 4 rings (SSSR count). The highest BCUT2D eigenvalue weighted by atomic mass is 32.2. The zero-order chi connectivity index (χ0) is 20.9. The summed E-state index contributed by atoms with van der Waals surface area (Å²) in [6, 6.07) is 17.2. The van der Waals surface area contributed by atoms with Crippen LogP contribution in [-0.4, -0.2) is 45.6 Å². The topological polar surface area (TPSA) is 49.9 Å². The normalized spacial score (nSPS) is 17.8. The molecule has 2 aliphatic heterocycles. The highest BCUT2D eigenvalue weighted by Gasteiger charge is 2.31. The molecule has 0 radical (unpaired) electrons. The van der Waals surface area contributed by atoms with E-state index in [2.05, 4.69) is 0 Å². The van der Waals surface area contributed by atoms with Crippen LogP contribution in [-0.2, 0) is 16.1 Å². The van der Waals surface area contributed by atoms with Crippen molar-refractivity contribution >= 4 is 46.2 Å². The Bertz CT molecular complexity index is 985. The van der Waals surface area contributed by atoms with E-state index >= 15 is 0 Å². The molecule has 30 heavy (non-hydrogen) atoms. The predicted molar refractivity (Wildman–Crippen MR) is 123 cm³/mol. The zero-order valence-corrected chi connectivity index (χ0v) is 18.1. The maximum atomic E-state index is 12.8. The maximum Gasteiger partial charge on any atom is 0.266 e. The van der Waals surface area contributed by atoms with Gasteiger partial charge in [0.15, 0.2) is 6.61 Å². The fourth-order valence-electron chi connectivity index (χ4n) is 3.45. The predicted octanol–water partition coefficient (Wildman–Crippen LogP) is 4.09. The van der Waals surface area contributed by atoms with Crippen LogP contribution in [0.15, 0.2) is 59.5 Å². The van der Waals surface area contributed by atoms with Crippen LogP contribution in [0.3, 0.4) is 0 Å². The summed E-state index contributed by atoms with van der Waals surface area (Å²) >= 11 is 6.72. The Hall–Kier alpha value is -2.64. The Labute approximate surface area is 185 Å². The second-order valence-electron chi connectivity index (χ2n) is 7.20.